The number of nitrogens with zero attached hydrogens (tertiary/aromatic N) is 4. The maximum atomic E-state index is 14.1. The summed E-state index contributed by atoms with van der Waals surface area (Å²) in [7, 11) is 0. The molecule has 1 aliphatic rings. The average Bonchev–Trinajstić information content (AvgIpc) is 2.74. The van der Waals surface area contributed by atoms with E-state index in [1.165, 1.54) is 24.4 Å². The molecule has 1 saturated heterocycles. The highest BCUT2D eigenvalue weighted by Crippen LogP contribution is 2.26. The molecule has 2 heterocycles. The minimum Gasteiger partial charge on any atom is -0.477 e. The third-order valence-electron chi connectivity index (χ3n) is 4.87. The lowest BCUT2D eigenvalue weighted by atomic mass is 10.2. The zero-order valence-corrected chi connectivity index (χ0v) is 15.4. The molecule has 0 radical (unpaired) electrons. The first-order chi connectivity index (χ1) is 14.0. The molecule has 0 aliphatic carbocycles. The van der Waals surface area contributed by atoms with E-state index in [4.69, 9.17) is 0 Å². The maximum Gasteiger partial charge on any atom is 0.341 e. The van der Waals surface area contributed by atoms with Crippen molar-refractivity contribution in [3.05, 3.63) is 71.9 Å². The van der Waals surface area contributed by atoms with Crippen LogP contribution in [0.1, 0.15) is 10.4 Å². The Morgan fingerprint density at radius 2 is 1.59 bits per heavy atom. The number of carbonyl (C=O) groups is 1. The first-order valence-corrected chi connectivity index (χ1v) is 9.13. The maximum absolute atomic E-state index is 14.1. The van der Waals surface area contributed by atoms with E-state index in [9.17, 15) is 18.7 Å². The molecular formula is C21H18F2N4O2. The molecule has 0 bridgehead atoms. The van der Waals surface area contributed by atoms with E-state index < -0.39 is 5.97 Å². The zero-order chi connectivity index (χ0) is 20.4. The summed E-state index contributed by atoms with van der Waals surface area (Å²) in [6.07, 6.45) is 1.27. The number of carboxylic acid groups (broad SMARTS) is 1. The highest BCUT2D eigenvalue weighted by molar-refractivity contribution is 5.93. The minimum absolute atomic E-state index is 0.00444. The van der Waals surface area contributed by atoms with Gasteiger partial charge < -0.3 is 14.9 Å². The van der Waals surface area contributed by atoms with Gasteiger partial charge in [-0.1, -0.05) is 12.1 Å². The van der Waals surface area contributed by atoms with Crippen molar-refractivity contribution in [2.45, 2.75) is 0 Å². The molecule has 1 aromatic heterocycles. The number of benzene rings is 2. The van der Waals surface area contributed by atoms with Crippen molar-refractivity contribution in [1.82, 2.24) is 9.97 Å². The molecule has 29 heavy (non-hydrogen) atoms. The Balaban J connectivity index is 1.60. The molecule has 6 nitrogen and oxygen atoms in total. The highest BCUT2D eigenvalue weighted by Gasteiger charge is 2.25. The van der Waals surface area contributed by atoms with Crippen LogP contribution in [0.3, 0.4) is 0 Å². The van der Waals surface area contributed by atoms with Gasteiger partial charge in [-0.25, -0.2) is 23.5 Å². The van der Waals surface area contributed by atoms with Crippen LogP contribution in [0.15, 0.2) is 54.7 Å². The molecular weight excluding hydrogens is 378 g/mol. The highest BCUT2D eigenvalue weighted by atomic mass is 19.1. The van der Waals surface area contributed by atoms with E-state index in [-0.39, 0.29) is 17.2 Å². The average molecular weight is 396 g/mol. The van der Waals surface area contributed by atoms with Crippen LogP contribution in [0.25, 0.3) is 11.4 Å². The first kappa shape index (κ1) is 18.8. The second kappa shape index (κ2) is 7.83. The molecule has 148 valence electrons. The van der Waals surface area contributed by atoms with Crippen molar-refractivity contribution >= 4 is 17.5 Å². The molecule has 1 fully saturated rings. The van der Waals surface area contributed by atoms with Crippen molar-refractivity contribution in [2.24, 2.45) is 0 Å². The lowest BCUT2D eigenvalue weighted by Gasteiger charge is -2.37. The third kappa shape index (κ3) is 3.87. The van der Waals surface area contributed by atoms with Crippen molar-refractivity contribution in [3.8, 4) is 11.4 Å². The minimum atomic E-state index is -1.12. The van der Waals surface area contributed by atoms with Gasteiger partial charge in [0.2, 0.25) is 0 Å². The van der Waals surface area contributed by atoms with Gasteiger partial charge in [0, 0.05) is 37.9 Å². The number of anilines is 2. The summed E-state index contributed by atoms with van der Waals surface area (Å²) in [6.45, 7) is 2.01. The van der Waals surface area contributed by atoms with Gasteiger partial charge in [-0.05, 0) is 36.4 Å². The van der Waals surface area contributed by atoms with Crippen LogP contribution >= 0.6 is 0 Å². The lowest BCUT2D eigenvalue weighted by molar-refractivity contribution is 0.0696. The van der Waals surface area contributed by atoms with E-state index in [1.54, 1.807) is 30.3 Å². The number of aromatic nitrogens is 2. The van der Waals surface area contributed by atoms with E-state index in [0.29, 0.717) is 49.1 Å². The second-order valence-electron chi connectivity index (χ2n) is 6.67. The number of hydrogen-bond acceptors (Lipinski definition) is 5. The summed E-state index contributed by atoms with van der Waals surface area (Å²) in [5.74, 6) is -1.16. The Labute approximate surface area is 166 Å². The summed E-state index contributed by atoms with van der Waals surface area (Å²) in [4.78, 5) is 24.0. The zero-order valence-electron chi connectivity index (χ0n) is 15.4. The largest absolute Gasteiger partial charge is 0.477 e. The number of para-hydroxylation sites is 1. The molecule has 1 aliphatic heterocycles. The van der Waals surface area contributed by atoms with Crippen molar-refractivity contribution in [2.75, 3.05) is 36.0 Å². The van der Waals surface area contributed by atoms with E-state index in [2.05, 4.69) is 9.97 Å². The molecule has 0 unspecified atom stereocenters. The fraction of sp³-hybridized carbons (Fsp3) is 0.190. The number of carboxylic acids is 1. The number of rotatable bonds is 4. The van der Waals surface area contributed by atoms with Crippen LogP contribution in [0.5, 0.6) is 0 Å². The van der Waals surface area contributed by atoms with Gasteiger partial charge in [0.1, 0.15) is 23.0 Å². The lowest BCUT2D eigenvalue weighted by Crippen LogP contribution is -2.47. The van der Waals surface area contributed by atoms with Gasteiger partial charge in [0.05, 0.1) is 5.69 Å². The van der Waals surface area contributed by atoms with Crippen LogP contribution in [0.4, 0.5) is 20.3 Å². The fourth-order valence-corrected chi connectivity index (χ4v) is 3.37. The number of halogens is 2. The summed E-state index contributed by atoms with van der Waals surface area (Å²) < 4.78 is 27.2. The van der Waals surface area contributed by atoms with Crippen LogP contribution in [0.2, 0.25) is 0 Å². The van der Waals surface area contributed by atoms with Crippen LogP contribution < -0.4 is 9.80 Å². The predicted molar refractivity (Wildman–Crippen MR) is 105 cm³/mol. The van der Waals surface area contributed by atoms with Gasteiger partial charge in [0.15, 0.2) is 5.82 Å². The number of hydrogen-bond donors (Lipinski definition) is 1. The van der Waals surface area contributed by atoms with Gasteiger partial charge in [-0.3, -0.25) is 0 Å². The van der Waals surface area contributed by atoms with Crippen molar-refractivity contribution in [1.29, 1.82) is 0 Å². The standard InChI is InChI=1S/C21H18F2N4O2/c22-15-7-5-14(6-8-15)19-24-13-16(21(28)29)20(25-19)27-11-9-26(10-12-27)18-4-2-1-3-17(18)23/h1-8,13H,9-12H2,(H,28,29). The van der Waals surface area contributed by atoms with E-state index >= 15 is 0 Å². The Morgan fingerprint density at radius 3 is 2.24 bits per heavy atom. The molecule has 3 aromatic rings. The van der Waals surface area contributed by atoms with Crippen molar-refractivity contribution in [3.63, 3.8) is 0 Å². The quantitative estimate of drug-likeness (QED) is 0.729. The number of aromatic carboxylic acids is 1. The fourth-order valence-electron chi connectivity index (χ4n) is 3.37. The molecule has 0 atom stereocenters. The molecule has 1 N–H and O–H groups in total. The van der Waals surface area contributed by atoms with Gasteiger partial charge in [-0.15, -0.1) is 0 Å². The molecule has 0 saturated carbocycles. The summed E-state index contributed by atoms with van der Waals surface area (Å²) in [5.41, 5.74) is 1.12. The number of piperazine rings is 1. The monoisotopic (exact) mass is 396 g/mol. The van der Waals surface area contributed by atoms with Crippen molar-refractivity contribution < 1.29 is 18.7 Å². The molecule has 8 heteroatoms. The summed E-state index contributed by atoms with van der Waals surface area (Å²) in [5, 5.41) is 9.54. The smallest absolute Gasteiger partial charge is 0.341 e. The van der Waals surface area contributed by atoms with Gasteiger partial charge in [-0.2, -0.15) is 0 Å². The Kier molecular flexibility index (Phi) is 5.07. The SMILES string of the molecule is O=C(O)c1cnc(-c2ccc(F)cc2)nc1N1CCN(c2ccccc2F)CC1. The van der Waals surface area contributed by atoms with Crippen LogP contribution in [-0.2, 0) is 0 Å². The van der Waals surface area contributed by atoms with E-state index in [1.807, 2.05) is 9.80 Å². The van der Waals surface area contributed by atoms with E-state index in [0.717, 1.165) is 0 Å². The van der Waals surface area contributed by atoms with Crippen LogP contribution in [-0.4, -0.2) is 47.2 Å². The van der Waals surface area contributed by atoms with Crippen LogP contribution in [0, 0.1) is 11.6 Å². The predicted octanol–water partition coefficient (Wildman–Crippen LogP) is 3.45. The Morgan fingerprint density at radius 1 is 0.931 bits per heavy atom. The molecule has 4 rings (SSSR count). The molecule has 2 aromatic carbocycles. The second-order valence-corrected chi connectivity index (χ2v) is 6.67. The first-order valence-electron chi connectivity index (χ1n) is 9.13. The summed E-state index contributed by atoms with van der Waals surface area (Å²) >= 11 is 0. The molecule has 0 spiro atoms. The Hall–Kier alpha value is -3.55. The normalized spacial score (nSPS) is 14.1. The van der Waals surface area contributed by atoms with Gasteiger partial charge >= 0.3 is 5.97 Å². The molecule has 0 amide bonds. The topological polar surface area (TPSA) is 69.6 Å². The Bertz CT molecular complexity index is 1040. The summed E-state index contributed by atoms with van der Waals surface area (Å²) in [6, 6.07) is 12.3. The van der Waals surface area contributed by atoms with Gasteiger partial charge in [0.25, 0.3) is 0 Å². The third-order valence-corrected chi connectivity index (χ3v) is 4.87.